The van der Waals surface area contributed by atoms with Crippen LogP contribution in [0.4, 0.5) is 5.82 Å². The molecule has 0 amide bonds. The van der Waals surface area contributed by atoms with E-state index in [1.165, 1.54) is 0 Å². The highest BCUT2D eigenvalue weighted by Gasteiger charge is 2.34. The standard InChI is InChI=1S/C10H11N3O3/c1-13-9-6(10(15)12-13)2-5-7(11-9)3-16-4-8(5)14/h5H,2-4H2,1H3,(H,12,15). The van der Waals surface area contributed by atoms with Crippen LogP contribution in [0.15, 0.2) is 9.79 Å². The average Bonchev–Trinajstić information content (AvgIpc) is 2.53. The van der Waals surface area contributed by atoms with Crippen molar-refractivity contribution >= 4 is 17.3 Å². The highest BCUT2D eigenvalue weighted by atomic mass is 16.5. The molecule has 1 N–H and O–H groups in total. The average molecular weight is 221 g/mol. The van der Waals surface area contributed by atoms with Gasteiger partial charge >= 0.3 is 0 Å². The van der Waals surface area contributed by atoms with Crippen molar-refractivity contribution in [2.24, 2.45) is 18.0 Å². The number of nitrogens with one attached hydrogen (secondary N) is 1. The molecule has 0 aliphatic carbocycles. The molecule has 0 bridgehead atoms. The molecule has 84 valence electrons. The lowest BCUT2D eigenvalue weighted by atomic mass is 9.88. The van der Waals surface area contributed by atoms with Gasteiger partial charge in [0, 0.05) is 7.05 Å². The number of fused-ring (bicyclic) bond motifs is 2. The van der Waals surface area contributed by atoms with Gasteiger partial charge in [0.1, 0.15) is 6.61 Å². The Bertz CT molecular complexity index is 552. The van der Waals surface area contributed by atoms with E-state index in [4.69, 9.17) is 4.74 Å². The lowest BCUT2D eigenvalue weighted by Gasteiger charge is -2.25. The molecule has 2 aliphatic rings. The van der Waals surface area contributed by atoms with Crippen LogP contribution in [0.2, 0.25) is 0 Å². The quantitative estimate of drug-likeness (QED) is 0.645. The van der Waals surface area contributed by atoms with Crippen molar-refractivity contribution in [3.05, 3.63) is 15.9 Å². The van der Waals surface area contributed by atoms with Gasteiger partial charge in [-0.05, 0) is 6.42 Å². The van der Waals surface area contributed by atoms with Gasteiger partial charge < -0.3 is 4.74 Å². The van der Waals surface area contributed by atoms with Gasteiger partial charge in [-0.25, -0.2) is 4.99 Å². The third kappa shape index (κ3) is 1.19. The third-order valence-corrected chi connectivity index (χ3v) is 3.07. The minimum Gasteiger partial charge on any atom is -0.368 e. The molecule has 0 saturated carbocycles. The Morgan fingerprint density at radius 1 is 1.44 bits per heavy atom. The first kappa shape index (κ1) is 9.53. The second kappa shape index (κ2) is 3.15. The molecule has 1 aromatic heterocycles. The van der Waals surface area contributed by atoms with Crippen LogP contribution < -0.4 is 5.56 Å². The number of Topliss-reactive ketones (excluding diaryl/α,β-unsaturated/α-hetero) is 1. The van der Waals surface area contributed by atoms with Gasteiger partial charge in [0.25, 0.3) is 5.56 Å². The van der Waals surface area contributed by atoms with E-state index in [1.807, 2.05) is 0 Å². The number of ether oxygens (including phenoxy) is 1. The molecule has 2 aliphatic heterocycles. The second-order valence-electron chi connectivity index (χ2n) is 4.12. The summed E-state index contributed by atoms with van der Waals surface area (Å²) in [5.74, 6) is 0.373. The molecule has 1 unspecified atom stereocenters. The fourth-order valence-corrected chi connectivity index (χ4v) is 2.23. The van der Waals surface area contributed by atoms with Crippen molar-refractivity contribution in [3.63, 3.8) is 0 Å². The highest BCUT2D eigenvalue weighted by molar-refractivity contribution is 6.09. The summed E-state index contributed by atoms with van der Waals surface area (Å²) in [6, 6.07) is 0. The molecule has 6 heteroatoms. The number of H-pyrrole nitrogens is 1. The lowest BCUT2D eigenvalue weighted by molar-refractivity contribution is -0.126. The van der Waals surface area contributed by atoms with E-state index in [0.717, 1.165) is 5.71 Å². The molecule has 0 radical (unpaired) electrons. The molecule has 1 atom stereocenters. The highest BCUT2D eigenvalue weighted by Crippen LogP contribution is 2.27. The number of hydrogen-bond donors (Lipinski definition) is 1. The normalized spacial score (nSPS) is 23.7. The van der Waals surface area contributed by atoms with Crippen molar-refractivity contribution in [2.75, 3.05) is 13.2 Å². The minimum atomic E-state index is -0.259. The van der Waals surface area contributed by atoms with Gasteiger partial charge in [-0.3, -0.25) is 19.4 Å². The smallest absolute Gasteiger partial charge is 0.269 e. The van der Waals surface area contributed by atoms with Crippen LogP contribution in [-0.2, 0) is 23.0 Å². The fourth-order valence-electron chi connectivity index (χ4n) is 2.23. The maximum Gasteiger partial charge on any atom is 0.269 e. The fraction of sp³-hybridized carbons (Fsp3) is 0.500. The van der Waals surface area contributed by atoms with Crippen LogP contribution in [-0.4, -0.2) is 34.5 Å². The molecule has 16 heavy (non-hydrogen) atoms. The first-order valence-electron chi connectivity index (χ1n) is 5.12. The van der Waals surface area contributed by atoms with Crippen molar-refractivity contribution in [1.29, 1.82) is 0 Å². The Balaban J connectivity index is 2.15. The van der Waals surface area contributed by atoms with Crippen LogP contribution in [0.5, 0.6) is 0 Å². The predicted octanol–water partition coefficient (Wildman–Crippen LogP) is -0.443. The molecule has 3 rings (SSSR count). The zero-order chi connectivity index (χ0) is 11.3. The maximum absolute atomic E-state index is 11.6. The van der Waals surface area contributed by atoms with E-state index < -0.39 is 0 Å². The number of nitrogens with zero attached hydrogens (tertiary/aromatic N) is 2. The van der Waals surface area contributed by atoms with Crippen molar-refractivity contribution in [2.45, 2.75) is 6.42 Å². The van der Waals surface area contributed by atoms with Crippen LogP contribution >= 0.6 is 0 Å². The van der Waals surface area contributed by atoms with E-state index in [-0.39, 0.29) is 23.9 Å². The van der Waals surface area contributed by atoms with Gasteiger partial charge in [0.15, 0.2) is 11.6 Å². The van der Waals surface area contributed by atoms with Gasteiger partial charge in [0.2, 0.25) is 0 Å². The van der Waals surface area contributed by atoms with E-state index in [9.17, 15) is 9.59 Å². The van der Waals surface area contributed by atoms with Gasteiger partial charge in [-0.15, -0.1) is 0 Å². The first-order valence-corrected chi connectivity index (χ1v) is 5.12. The number of ketones is 1. The number of aromatic amines is 1. The molecular formula is C10H11N3O3. The van der Waals surface area contributed by atoms with Crippen molar-refractivity contribution in [3.8, 4) is 0 Å². The maximum atomic E-state index is 11.6. The van der Waals surface area contributed by atoms with Gasteiger partial charge in [-0.2, -0.15) is 0 Å². The summed E-state index contributed by atoms with van der Waals surface area (Å²) >= 11 is 0. The Morgan fingerprint density at radius 3 is 3.06 bits per heavy atom. The number of carbonyl (C=O) groups excluding carboxylic acids is 1. The van der Waals surface area contributed by atoms with E-state index in [0.29, 0.717) is 24.4 Å². The topological polar surface area (TPSA) is 76.4 Å². The summed E-state index contributed by atoms with van der Waals surface area (Å²) in [6.07, 6.45) is 0.451. The lowest BCUT2D eigenvalue weighted by Crippen LogP contribution is -2.39. The van der Waals surface area contributed by atoms with E-state index in [1.54, 1.807) is 11.7 Å². The van der Waals surface area contributed by atoms with Crippen LogP contribution in [0.25, 0.3) is 0 Å². The van der Waals surface area contributed by atoms with E-state index >= 15 is 0 Å². The molecular weight excluding hydrogens is 210 g/mol. The number of aryl methyl sites for hydroxylation is 1. The number of carbonyl (C=O) groups is 1. The molecule has 3 heterocycles. The van der Waals surface area contributed by atoms with Crippen molar-refractivity contribution in [1.82, 2.24) is 9.78 Å². The molecule has 1 saturated heterocycles. The second-order valence-corrected chi connectivity index (χ2v) is 4.12. The summed E-state index contributed by atoms with van der Waals surface area (Å²) < 4.78 is 6.72. The Labute approximate surface area is 90.9 Å². The van der Waals surface area contributed by atoms with Crippen LogP contribution in [0.3, 0.4) is 0 Å². The zero-order valence-corrected chi connectivity index (χ0v) is 8.82. The number of rotatable bonds is 0. The minimum absolute atomic E-state index is 0.0129. The van der Waals surface area contributed by atoms with Crippen LogP contribution in [0, 0.1) is 5.92 Å². The predicted molar refractivity (Wildman–Crippen MR) is 56.1 cm³/mol. The van der Waals surface area contributed by atoms with Gasteiger partial charge in [-0.1, -0.05) is 0 Å². The summed E-state index contributed by atoms with van der Waals surface area (Å²) in [5.41, 5.74) is 1.18. The Kier molecular flexibility index (Phi) is 1.88. The van der Waals surface area contributed by atoms with Crippen molar-refractivity contribution < 1.29 is 9.53 Å². The summed E-state index contributed by atoms with van der Waals surface area (Å²) in [6.45, 7) is 0.513. The third-order valence-electron chi connectivity index (χ3n) is 3.07. The first-order chi connectivity index (χ1) is 7.66. The SMILES string of the molecule is Cn1[nH]c(=O)c2c1N=C1COCC(=O)C1C2. The zero-order valence-electron chi connectivity index (χ0n) is 8.82. The monoisotopic (exact) mass is 221 g/mol. The van der Waals surface area contributed by atoms with Crippen LogP contribution in [0.1, 0.15) is 5.56 Å². The number of aliphatic imine (C=N–C) groups is 1. The molecule has 1 fully saturated rings. The summed E-state index contributed by atoms with van der Waals surface area (Å²) in [4.78, 5) is 27.5. The number of aromatic nitrogens is 2. The summed E-state index contributed by atoms with van der Waals surface area (Å²) in [7, 11) is 1.73. The molecule has 0 spiro atoms. The molecule has 0 aromatic carbocycles. The van der Waals surface area contributed by atoms with Gasteiger partial charge in [0.05, 0.1) is 23.8 Å². The molecule has 6 nitrogen and oxygen atoms in total. The Morgan fingerprint density at radius 2 is 2.25 bits per heavy atom. The largest absolute Gasteiger partial charge is 0.368 e. The summed E-state index contributed by atoms with van der Waals surface area (Å²) in [5, 5.41) is 2.64. The van der Waals surface area contributed by atoms with E-state index in [2.05, 4.69) is 10.1 Å². The molecule has 1 aromatic rings. The number of hydrogen-bond acceptors (Lipinski definition) is 4. The Hall–Kier alpha value is -1.69.